The van der Waals surface area contributed by atoms with E-state index in [2.05, 4.69) is 6.58 Å². The summed E-state index contributed by atoms with van der Waals surface area (Å²) in [5.41, 5.74) is 6.44. The number of hydrogen-bond acceptors (Lipinski definition) is 2. The molecule has 0 amide bonds. The van der Waals surface area contributed by atoms with Gasteiger partial charge in [0, 0.05) is 6.04 Å². The van der Waals surface area contributed by atoms with Crippen molar-refractivity contribution in [3.05, 3.63) is 36.5 Å². The molecular formula is C10H15NO2. The predicted octanol–water partition coefficient (Wildman–Crippen LogP) is 1.48. The highest BCUT2D eigenvalue weighted by molar-refractivity contribution is 5.68. The van der Waals surface area contributed by atoms with E-state index in [1.165, 1.54) is 0 Å². The summed E-state index contributed by atoms with van der Waals surface area (Å²) in [6.45, 7) is 5.34. The average Bonchev–Trinajstić information content (AvgIpc) is 2.04. The Morgan fingerprint density at radius 3 is 2.69 bits per heavy atom. The van der Waals surface area contributed by atoms with Gasteiger partial charge >= 0.3 is 5.97 Å². The van der Waals surface area contributed by atoms with Crippen LogP contribution in [0.4, 0.5) is 0 Å². The van der Waals surface area contributed by atoms with Crippen molar-refractivity contribution in [3.8, 4) is 0 Å². The van der Waals surface area contributed by atoms with Gasteiger partial charge in [-0.15, -0.1) is 0 Å². The van der Waals surface area contributed by atoms with Gasteiger partial charge in [-0.1, -0.05) is 30.9 Å². The molecule has 0 aliphatic carbocycles. The molecule has 0 aromatic carbocycles. The third kappa shape index (κ3) is 4.98. The van der Waals surface area contributed by atoms with Gasteiger partial charge in [-0.05, 0) is 12.5 Å². The summed E-state index contributed by atoms with van der Waals surface area (Å²) in [5, 5.41) is 8.50. The van der Waals surface area contributed by atoms with Crippen LogP contribution in [0.3, 0.4) is 0 Å². The minimum absolute atomic E-state index is 0.0544. The van der Waals surface area contributed by atoms with Gasteiger partial charge in [-0.2, -0.15) is 0 Å². The second-order valence-corrected chi connectivity index (χ2v) is 2.59. The van der Waals surface area contributed by atoms with Crippen LogP contribution in [0.25, 0.3) is 0 Å². The Balaban J connectivity index is 4.32. The maximum Gasteiger partial charge on any atom is 0.305 e. The maximum atomic E-state index is 10.4. The third-order valence-corrected chi connectivity index (χ3v) is 1.58. The molecule has 0 saturated carbocycles. The minimum Gasteiger partial charge on any atom is -0.481 e. The van der Waals surface area contributed by atoms with E-state index < -0.39 is 12.0 Å². The van der Waals surface area contributed by atoms with Crippen LogP contribution >= 0.6 is 0 Å². The first-order valence-corrected chi connectivity index (χ1v) is 4.04. The molecule has 0 radical (unpaired) electrons. The summed E-state index contributed by atoms with van der Waals surface area (Å²) >= 11 is 0. The standard InChI is InChI=1S/C10H15NO2/c1-3-5-6-8(4-2)9(11)7-10(12)13/h3-6,9H,1,7,11H2,2H3,(H,12,13)/b6-5-,8-4+/t9-/m1/s1. The topological polar surface area (TPSA) is 63.3 Å². The normalized spacial score (nSPS) is 14.5. The van der Waals surface area contributed by atoms with E-state index in [1.807, 2.05) is 6.92 Å². The van der Waals surface area contributed by atoms with Crippen LogP contribution in [0.1, 0.15) is 13.3 Å². The average molecular weight is 181 g/mol. The lowest BCUT2D eigenvalue weighted by Gasteiger charge is -2.09. The molecule has 0 fully saturated rings. The van der Waals surface area contributed by atoms with E-state index >= 15 is 0 Å². The second kappa shape index (κ2) is 6.20. The van der Waals surface area contributed by atoms with Crippen molar-refractivity contribution in [2.24, 2.45) is 5.73 Å². The quantitative estimate of drug-likeness (QED) is 0.631. The maximum absolute atomic E-state index is 10.4. The number of aliphatic carboxylic acids is 1. The zero-order chi connectivity index (χ0) is 10.3. The first-order valence-electron chi connectivity index (χ1n) is 4.04. The lowest BCUT2D eigenvalue weighted by atomic mass is 10.0. The fraction of sp³-hybridized carbons (Fsp3) is 0.300. The van der Waals surface area contributed by atoms with E-state index in [0.717, 1.165) is 5.57 Å². The summed E-state index contributed by atoms with van der Waals surface area (Å²) in [6.07, 6.45) is 6.86. The van der Waals surface area contributed by atoms with Crippen molar-refractivity contribution in [1.82, 2.24) is 0 Å². The van der Waals surface area contributed by atoms with Gasteiger partial charge in [0.15, 0.2) is 0 Å². The first-order chi connectivity index (χ1) is 6.11. The lowest BCUT2D eigenvalue weighted by molar-refractivity contribution is -0.137. The van der Waals surface area contributed by atoms with Gasteiger partial charge in [-0.25, -0.2) is 0 Å². The molecule has 0 saturated heterocycles. The summed E-state index contributed by atoms with van der Waals surface area (Å²) < 4.78 is 0. The minimum atomic E-state index is -0.890. The molecule has 72 valence electrons. The number of carboxylic acid groups (broad SMARTS) is 1. The molecule has 0 aliphatic heterocycles. The van der Waals surface area contributed by atoms with E-state index in [9.17, 15) is 4.79 Å². The molecule has 0 heterocycles. The molecule has 0 aromatic rings. The predicted molar refractivity (Wildman–Crippen MR) is 53.3 cm³/mol. The smallest absolute Gasteiger partial charge is 0.305 e. The molecule has 0 rings (SSSR count). The molecule has 0 bridgehead atoms. The van der Waals surface area contributed by atoms with E-state index in [0.29, 0.717) is 0 Å². The molecule has 3 heteroatoms. The highest BCUT2D eigenvalue weighted by atomic mass is 16.4. The highest BCUT2D eigenvalue weighted by Crippen LogP contribution is 2.05. The van der Waals surface area contributed by atoms with Crippen molar-refractivity contribution in [1.29, 1.82) is 0 Å². The van der Waals surface area contributed by atoms with Gasteiger partial charge in [0.2, 0.25) is 0 Å². The van der Waals surface area contributed by atoms with Crippen LogP contribution in [-0.2, 0) is 4.79 Å². The molecule has 0 aromatic heterocycles. The van der Waals surface area contributed by atoms with Crippen molar-refractivity contribution in [3.63, 3.8) is 0 Å². The van der Waals surface area contributed by atoms with Gasteiger partial charge in [-0.3, -0.25) is 4.79 Å². The van der Waals surface area contributed by atoms with Crippen LogP contribution in [0.5, 0.6) is 0 Å². The van der Waals surface area contributed by atoms with E-state index in [-0.39, 0.29) is 6.42 Å². The fourth-order valence-corrected chi connectivity index (χ4v) is 0.919. The van der Waals surface area contributed by atoms with Crippen LogP contribution in [0.15, 0.2) is 36.5 Å². The Morgan fingerprint density at radius 1 is 1.69 bits per heavy atom. The monoisotopic (exact) mass is 181 g/mol. The number of hydrogen-bond donors (Lipinski definition) is 2. The van der Waals surface area contributed by atoms with Crippen LogP contribution in [0.2, 0.25) is 0 Å². The van der Waals surface area contributed by atoms with Gasteiger partial charge < -0.3 is 10.8 Å². The number of carbonyl (C=O) groups is 1. The molecule has 0 aliphatic rings. The van der Waals surface area contributed by atoms with Gasteiger partial charge in [0.1, 0.15) is 0 Å². The highest BCUT2D eigenvalue weighted by Gasteiger charge is 2.09. The molecule has 3 N–H and O–H groups in total. The largest absolute Gasteiger partial charge is 0.481 e. The number of nitrogens with two attached hydrogens (primary N) is 1. The molecule has 13 heavy (non-hydrogen) atoms. The van der Waals surface area contributed by atoms with Crippen molar-refractivity contribution < 1.29 is 9.90 Å². The first kappa shape index (κ1) is 11.6. The molecular weight excluding hydrogens is 166 g/mol. The Labute approximate surface area is 78.3 Å². The second-order valence-electron chi connectivity index (χ2n) is 2.59. The van der Waals surface area contributed by atoms with E-state index in [1.54, 1.807) is 24.3 Å². The Bertz CT molecular complexity index is 241. The van der Waals surface area contributed by atoms with Crippen molar-refractivity contribution in [2.75, 3.05) is 0 Å². The Morgan fingerprint density at radius 2 is 2.31 bits per heavy atom. The van der Waals surface area contributed by atoms with Gasteiger partial charge in [0.25, 0.3) is 0 Å². The summed E-state index contributed by atoms with van der Waals surface area (Å²) in [7, 11) is 0. The number of carboxylic acids is 1. The van der Waals surface area contributed by atoms with Crippen LogP contribution < -0.4 is 5.73 Å². The third-order valence-electron chi connectivity index (χ3n) is 1.58. The summed E-state index contributed by atoms with van der Waals surface area (Å²) in [6, 6.07) is -0.446. The molecule has 0 spiro atoms. The molecule has 1 atom stereocenters. The molecule has 3 nitrogen and oxygen atoms in total. The summed E-state index contributed by atoms with van der Waals surface area (Å²) in [4.78, 5) is 10.4. The van der Waals surface area contributed by atoms with Gasteiger partial charge in [0.05, 0.1) is 6.42 Å². The lowest BCUT2D eigenvalue weighted by Crippen LogP contribution is -2.25. The Hall–Kier alpha value is -1.35. The van der Waals surface area contributed by atoms with Crippen LogP contribution in [-0.4, -0.2) is 17.1 Å². The zero-order valence-electron chi connectivity index (χ0n) is 7.73. The summed E-state index contributed by atoms with van der Waals surface area (Å²) in [5.74, 6) is -0.890. The Kier molecular flexibility index (Phi) is 5.55. The molecule has 0 unspecified atom stereocenters. The number of rotatable bonds is 5. The zero-order valence-corrected chi connectivity index (χ0v) is 7.73. The van der Waals surface area contributed by atoms with Crippen LogP contribution in [0, 0.1) is 0 Å². The van der Waals surface area contributed by atoms with Crippen molar-refractivity contribution >= 4 is 5.97 Å². The van der Waals surface area contributed by atoms with Crippen molar-refractivity contribution in [2.45, 2.75) is 19.4 Å². The SMILES string of the molecule is C=C/C=C\C(=C/C)[C@H](N)CC(=O)O. The van der Waals surface area contributed by atoms with E-state index in [4.69, 9.17) is 10.8 Å². The number of allylic oxidation sites excluding steroid dienone is 3. The fourth-order valence-electron chi connectivity index (χ4n) is 0.919.